The molecular weight excluding hydrogens is 496 g/mol. The lowest BCUT2D eigenvalue weighted by Crippen LogP contribution is -2.69. The summed E-state index contributed by atoms with van der Waals surface area (Å²) in [4.78, 5) is 37.8. The summed E-state index contributed by atoms with van der Waals surface area (Å²) in [5, 5.41) is 14.8. The molecule has 9 heteroatoms. The lowest BCUT2D eigenvalue weighted by Gasteiger charge is -2.64. The van der Waals surface area contributed by atoms with Gasteiger partial charge in [0, 0.05) is 36.3 Å². The van der Waals surface area contributed by atoms with E-state index in [0.29, 0.717) is 32.4 Å². The number of esters is 1. The molecule has 0 aromatic carbocycles. The van der Waals surface area contributed by atoms with Crippen LogP contribution in [-0.2, 0) is 23.9 Å². The normalized spacial score (nSPS) is 42.5. The number of carbonyl (C=O) groups is 3. The molecule has 0 bridgehead atoms. The second-order valence-electron chi connectivity index (χ2n) is 11.7. The Bertz CT molecular complexity index is 1010. The maximum absolute atomic E-state index is 14.0. The summed E-state index contributed by atoms with van der Waals surface area (Å²) in [5.74, 6) is -1.31. The van der Waals surface area contributed by atoms with Gasteiger partial charge in [-0.2, -0.15) is 0 Å². The summed E-state index contributed by atoms with van der Waals surface area (Å²) in [6.07, 6.45) is 6.40. The minimum atomic E-state index is -1.44. The van der Waals surface area contributed by atoms with Crippen LogP contribution < -0.4 is 11.1 Å². The van der Waals surface area contributed by atoms with Crippen molar-refractivity contribution in [2.45, 2.75) is 76.4 Å². The van der Waals surface area contributed by atoms with Crippen LogP contribution in [0.3, 0.4) is 0 Å². The zero-order chi connectivity index (χ0) is 27.2. The molecule has 37 heavy (non-hydrogen) atoms. The molecule has 0 saturated heterocycles. The van der Waals surface area contributed by atoms with Gasteiger partial charge in [0.05, 0.1) is 17.7 Å². The van der Waals surface area contributed by atoms with E-state index in [1.165, 1.54) is 0 Å². The molecule has 0 spiro atoms. The number of Topliss-reactive ketones (excluding diaryl/α,β-unsaturated/α-hetero) is 1. The molecule has 4 aliphatic rings. The lowest BCUT2D eigenvalue weighted by molar-refractivity contribution is -0.203. The maximum atomic E-state index is 14.0. The fourth-order valence-corrected chi connectivity index (χ4v) is 8.67. The minimum Gasteiger partial charge on any atom is -0.450 e. The largest absolute Gasteiger partial charge is 0.450 e. The van der Waals surface area contributed by atoms with E-state index in [9.17, 15) is 19.5 Å². The van der Waals surface area contributed by atoms with Crippen molar-refractivity contribution in [2.24, 2.45) is 34.3 Å². The van der Waals surface area contributed by atoms with Gasteiger partial charge in [-0.3, -0.25) is 19.7 Å². The Kier molecular flexibility index (Phi) is 7.83. The molecule has 8 nitrogen and oxygen atoms in total. The molecule has 206 valence electrons. The van der Waals surface area contributed by atoms with Crippen molar-refractivity contribution < 1.29 is 29.0 Å². The molecular formula is C28H41ClN2O6. The molecule has 3 saturated carbocycles. The van der Waals surface area contributed by atoms with Gasteiger partial charge in [-0.15, -0.1) is 11.6 Å². The highest BCUT2D eigenvalue weighted by Crippen LogP contribution is 2.72. The van der Waals surface area contributed by atoms with Crippen molar-refractivity contribution in [1.29, 1.82) is 0 Å². The van der Waals surface area contributed by atoms with E-state index >= 15 is 0 Å². The number of nitrogens with one attached hydrogen (secondary N) is 1. The number of nitrogens with two attached hydrogens (primary N) is 1. The van der Waals surface area contributed by atoms with Crippen molar-refractivity contribution in [1.82, 2.24) is 5.32 Å². The average Bonchev–Trinajstić information content (AvgIpc) is 3.07. The quantitative estimate of drug-likeness (QED) is 0.177. The number of carbonyl (C=O) groups excluding carboxylic acids is 3. The third-order valence-corrected chi connectivity index (χ3v) is 10.8. The van der Waals surface area contributed by atoms with Gasteiger partial charge in [-0.25, -0.2) is 0 Å². The molecule has 0 heterocycles. The molecule has 0 aromatic heterocycles. The van der Waals surface area contributed by atoms with E-state index < -0.39 is 33.4 Å². The van der Waals surface area contributed by atoms with Crippen LogP contribution in [0.2, 0.25) is 0 Å². The van der Waals surface area contributed by atoms with Gasteiger partial charge in [0.15, 0.2) is 11.4 Å². The number of hydrogen-bond acceptors (Lipinski definition) is 8. The topological polar surface area (TPSA) is 128 Å². The molecule has 0 amide bonds. The Labute approximate surface area is 224 Å². The summed E-state index contributed by atoms with van der Waals surface area (Å²) in [5.41, 5.74) is 3.48. The van der Waals surface area contributed by atoms with Crippen molar-refractivity contribution in [2.75, 3.05) is 26.4 Å². The molecule has 0 radical (unpaired) electrons. The number of ketones is 2. The monoisotopic (exact) mass is 536 g/mol. The Balaban J connectivity index is 1.73. The third-order valence-electron chi connectivity index (χ3n) is 9.92. The first-order valence-electron chi connectivity index (χ1n) is 13.5. The smallest absolute Gasteiger partial charge is 0.306 e. The number of alkyl halides is 1. The molecule has 4 N–H and O–H groups in total. The first-order valence-corrected chi connectivity index (χ1v) is 13.8. The van der Waals surface area contributed by atoms with Crippen molar-refractivity contribution >= 4 is 29.1 Å². The number of hydrogen-bond donors (Lipinski definition) is 3. The second kappa shape index (κ2) is 10.2. The van der Waals surface area contributed by atoms with Crippen molar-refractivity contribution in [3.05, 3.63) is 23.8 Å². The predicted molar refractivity (Wildman–Crippen MR) is 140 cm³/mol. The Hall–Kier alpha value is -1.58. The SMILES string of the molecule is CCC(=O)O[C@]1(C(=O)COCNCCN)[C@@H](C)CC2[C@@H]3CCC4=CC(=O)C=C[C@]4(C)[C@@]3(Cl)[C@@H](O)C[C@@]21C. The lowest BCUT2D eigenvalue weighted by atomic mass is 9.45. The zero-order valence-electron chi connectivity index (χ0n) is 22.3. The molecule has 0 aromatic rings. The molecule has 4 rings (SSSR count). The number of ether oxygens (including phenoxy) is 2. The highest BCUT2D eigenvalue weighted by Gasteiger charge is 2.76. The van der Waals surface area contributed by atoms with Gasteiger partial charge in [-0.1, -0.05) is 39.3 Å². The summed E-state index contributed by atoms with van der Waals surface area (Å²) < 4.78 is 11.8. The average molecular weight is 537 g/mol. The molecule has 4 aliphatic carbocycles. The van der Waals surface area contributed by atoms with Crippen LogP contribution in [0.25, 0.3) is 0 Å². The number of aliphatic hydroxyl groups is 1. The summed E-state index contributed by atoms with van der Waals surface area (Å²) in [6, 6.07) is 0. The van der Waals surface area contributed by atoms with Crippen molar-refractivity contribution in [3.8, 4) is 0 Å². The van der Waals surface area contributed by atoms with Gasteiger partial charge in [0.25, 0.3) is 0 Å². The molecule has 3 fully saturated rings. The van der Waals surface area contributed by atoms with Crippen molar-refractivity contribution in [3.63, 3.8) is 0 Å². The van der Waals surface area contributed by atoms with Crippen LogP contribution in [0.1, 0.15) is 59.8 Å². The second-order valence-corrected chi connectivity index (χ2v) is 12.3. The Morgan fingerprint density at radius 2 is 2.03 bits per heavy atom. The zero-order valence-corrected chi connectivity index (χ0v) is 23.1. The number of allylic oxidation sites excluding steroid dienone is 4. The summed E-state index contributed by atoms with van der Waals surface area (Å²) >= 11 is 7.51. The molecule has 1 unspecified atom stereocenters. The molecule has 8 atom stereocenters. The van der Waals surface area contributed by atoms with E-state index in [4.69, 9.17) is 26.8 Å². The maximum Gasteiger partial charge on any atom is 0.306 e. The van der Waals surface area contributed by atoms with Crippen LogP contribution in [0, 0.1) is 28.6 Å². The van der Waals surface area contributed by atoms with Crippen LogP contribution in [0.4, 0.5) is 0 Å². The van der Waals surface area contributed by atoms with E-state index in [-0.39, 0.29) is 55.5 Å². The van der Waals surface area contributed by atoms with Gasteiger partial charge in [0.2, 0.25) is 5.78 Å². The third kappa shape index (κ3) is 4.06. The van der Waals surface area contributed by atoms with Crippen LogP contribution >= 0.6 is 11.6 Å². The highest BCUT2D eigenvalue weighted by atomic mass is 35.5. The Morgan fingerprint density at radius 1 is 1.30 bits per heavy atom. The van der Waals surface area contributed by atoms with Crippen LogP contribution in [0.5, 0.6) is 0 Å². The number of rotatable bonds is 9. The van der Waals surface area contributed by atoms with E-state index in [1.807, 2.05) is 26.8 Å². The van der Waals surface area contributed by atoms with E-state index in [0.717, 1.165) is 5.57 Å². The summed E-state index contributed by atoms with van der Waals surface area (Å²) in [7, 11) is 0. The fourth-order valence-electron chi connectivity index (χ4n) is 8.15. The predicted octanol–water partition coefficient (Wildman–Crippen LogP) is 2.66. The first-order chi connectivity index (χ1) is 17.4. The number of halogens is 1. The number of fused-ring (bicyclic) bond motifs is 5. The standard InChI is InChI=1S/C28H41ClN2O6/c1-5-24(35)37-28(23(34)15-36-16-31-11-10-30)17(2)12-21-20-7-6-18-13-19(32)8-9-25(18,3)27(20,29)22(33)14-26(21,28)4/h8-9,13,17,20-22,31,33H,5-7,10-12,14-16,30H2,1-4H3/t17-,20-,21?,22-,25-,26-,27-,28-/m0/s1. The summed E-state index contributed by atoms with van der Waals surface area (Å²) in [6.45, 7) is 8.58. The van der Waals surface area contributed by atoms with Gasteiger partial charge >= 0.3 is 5.97 Å². The van der Waals surface area contributed by atoms with E-state index in [1.54, 1.807) is 19.1 Å². The Morgan fingerprint density at radius 3 is 2.70 bits per heavy atom. The van der Waals surface area contributed by atoms with Crippen LogP contribution in [0.15, 0.2) is 23.8 Å². The molecule has 0 aliphatic heterocycles. The minimum absolute atomic E-state index is 0.0622. The highest BCUT2D eigenvalue weighted by molar-refractivity contribution is 6.26. The van der Waals surface area contributed by atoms with Gasteiger partial charge in [0.1, 0.15) is 6.61 Å². The first kappa shape index (κ1) is 28.4. The number of aliphatic hydroxyl groups excluding tert-OH is 1. The van der Waals surface area contributed by atoms with Crippen LogP contribution in [-0.4, -0.2) is 65.6 Å². The fraction of sp³-hybridized carbons (Fsp3) is 0.750. The van der Waals surface area contributed by atoms with E-state index in [2.05, 4.69) is 5.32 Å². The van der Waals surface area contributed by atoms with Gasteiger partial charge < -0.3 is 20.3 Å². The van der Waals surface area contributed by atoms with Gasteiger partial charge in [-0.05, 0) is 49.7 Å².